The lowest BCUT2D eigenvalue weighted by Gasteiger charge is -1.97. The van der Waals surface area contributed by atoms with Crippen LogP contribution >= 0.6 is 11.8 Å². The maximum absolute atomic E-state index is 12.9. The van der Waals surface area contributed by atoms with Crippen molar-refractivity contribution in [2.45, 2.75) is 4.90 Å². The minimum absolute atomic E-state index is 0.266. The molecule has 0 N–H and O–H groups in total. The summed E-state index contributed by atoms with van der Waals surface area (Å²) in [4.78, 5) is 0.913. The van der Waals surface area contributed by atoms with Gasteiger partial charge in [0.15, 0.2) is 0 Å². The van der Waals surface area contributed by atoms with Gasteiger partial charge in [0.2, 0.25) is 0 Å². The van der Waals surface area contributed by atoms with Gasteiger partial charge in [-0.15, -0.1) is 11.8 Å². The van der Waals surface area contributed by atoms with Crippen molar-refractivity contribution in [3.63, 3.8) is 0 Å². The Hall–Kier alpha value is -1.29. The lowest BCUT2D eigenvalue weighted by atomic mass is 10.1. The maximum Gasteiger partial charge on any atom is 0.138 e. The Balaban J connectivity index is 2.49. The topological polar surface area (TPSA) is 26.0 Å². The molecule has 0 aliphatic rings. The molecule has 0 unspecified atom stereocenters. The van der Waals surface area contributed by atoms with Gasteiger partial charge in [0.05, 0.1) is 4.90 Å². The van der Waals surface area contributed by atoms with E-state index in [1.807, 2.05) is 6.26 Å². The molecule has 0 atom stereocenters. The SMILES string of the molecule is CSc1conc1-c1cccc(F)c1. The molecule has 2 nitrogen and oxygen atoms in total. The molecule has 0 saturated carbocycles. The van der Waals surface area contributed by atoms with Crippen LogP contribution in [0.25, 0.3) is 11.3 Å². The highest BCUT2D eigenvalue weighted by atomic mass is 32.2. The summed E-state index contributed by atoms with van der Waals surface area (Å²) < 4.78 is 17.8. The molecule has 1 heterocycles. The van der Waals surface area contributed by atoms with Crippen molar-refractivity contribution in [2.75, 3.05) is 6.26 Å². The van der Waals surface area contributed by atoms with Gasteiger partial charge in [0.25, 0.3) is 0 Å². The van der Waals surface area contributed by atoms with Crippen LogP contribution in [0.3, 0.4) is 0 Å². The number of aromatic nitrogens is 1. The third-order valence-electron chi connectivity index (χ3n) is 1.86. The molecule has 1 aromatic heterocycles. The first-order valence-electron chi connectivity index (χ1n) is 4.05. The van der Waals surface area contributed by atoms with Crippen LogP contribution < -0.4 is 0 Å². The molecular formula is C10H8FNOS. The van der Waals surface area contributed by atoms with E-state index in [9.17, 15) is 4.39 Å². The van der Waals surface area contributed by atoms with Crippen LogP contribution in [-0.2, 0) is 0 Å². The van der Waals surface area contributed by atoms with Crippen molar-refractivity contribution in [1.29, 1.82) is 0 Å². The standard InChI is InChI=1S/C10H8FNOS/c1-14-9-6-13-12-10(9)7-3-2-4-8(11)5-7/h2-6H,1H3. The first-order valence-corrected chi connectivity index (χ1v) is 5.28. The van der Waals surface area contributed by atoms with Crippen LogP contribution in [-0.4, -0.2) is 11.4 Å². The van der Waals surface area contributed by atoms with Crippen LogP contribution in [0, 0.1) is 5.82 Å². The van der Waals surface area contributed by atoms with E-state index in [2.05, 4.69) is 5.16 Å². The Morgan fingerprint density at radius 1 is 1.43 bits per heavy atom. The van der Waals surface area contributed by atoms with Gasteiger partial charge < -0.3 is 4.52 Å². The Morgan fingerprint density at radius 2 is 2.29 bits per heavy atom. The number of hydrogen-bond donors (Lipinski definition) is 0. The second-order valence-corrected chi connectivity index (χ2v) is 3.59. The molecule has 0 spiro atoms. The van der Waals surface area contributed by atoms with E-state index in [-0.39, 0.29) is 5.82 Å². The van der Waals surface area contributed by atoms with Gasteiger partial charge in [-0.25, -0.2) is 4.39 Å². The average Bonchev–Trinajstić information content (AvgIpc) is 2.65. The highest BCUT2D eigenvalue weighted by molar-refractivity contribution is 7.98. The second-order valence-electron chi connectivity index (χ2n) is 2.74. The van der Waals surface area contributed by atoms with Gasteiger partial charge in [0, 0.05) is 5.56 Å². The van der Waals surface area contributed by atoms with E-state index < -0.39 is 0 Å². The highest BCUT2D eigenvalue weighted by Crippen LogP contribution is 2.28. The van der Waals surface area contributed by atoms with E-state index in [4.69, 9.17) is 4.52 Å². The van der Waals surface area contributed by atoms with Gasteiger partial charge in [-0.2, -0.15) is 0 Å². The van der Waals surface area contributed by atoms with Gasteiger partial charge in [-0.3, -0.25) is 0 Å². The van der Waals surface area contributed by atoms with Crippen LogP contribution in [0.4, 0.5) is 4.39 Å². The van der Waals surface area contributed by atoms with E-state index >= 15 is 0 Å². The smallest absolute Gasteiger partial charge is 0.138 e. The van der Waals surface area contributed by atoms with E-state index in [0.29, 0.717) is 5.69 Å². The summed E-state index contributed by atoms with van der Waals surface area (Å²) in [5.41, 5.74) is 1.43. The number of rotatable bonds is 2. The molecular weight excluding hydrogens is 201 g/mol. The first kappa shape index (κ1) is 9.27. The second kappa shape index (κ2) is 3.84. The summed E-state index contributed by atoms with van der Waals surface area (Å²) in [5.74, 6) is -0.266. The maximum atomic E-state index is 12.9. The molecule has 0 amide bonds. The minimum Gasteiger partial charge on any atom is -0.363 e. The van der Waals surface area contributed by atoms with Gasteiger partial charge >= 0.3 is 0 Å². The van der Waals surface area contributed by atoms with Crippen molar-refractivity contribution in [2.24, 2.45) is 0 Å². The summed E-state index contributed by atoms with van der Waals surface area (Å²) in [5, 5.41) is 3.84. The fraction of sp³-hybridized carbons (Fsp3) is 0.100. The monoisotopic (exact) mass is 209 g/mol. The van der Waals surface area contributed by atoms with Crippen LogP contribution in [0.2, 0.25) is 0 Å². The zero-order valence-corrected chi connectivity index (χ0v) is 8.34. The number of thioether (sulfide) groups is 1. The Kier molecular flexibility index (Phi) is 2.54. The molecule has 2 rings (SSSR count). The van der Waals surface area contributed by atoms with Crippen LogP contribution in [0.15, 0.2) is 39.9 Å². The molecule has 2 aromatic rings. The van der Waals surface area contributed by atoms with Crippen molar-refractivity contribution in [3.8, 4) is 11.3 Å². The first-order chi connectivity index (χ1) is 6.81. The van der Waals surface area contributed by atoms with Gasteiger partial charge in [0.1, 0.15) is 17.8 Å². The normalized spacial score (nSPS) is 10.4. The van der Waals surface area contributed by atoms with Gasteiger partial charge in [-0.05, 0) is 18.4 Å². The quantitative estimate of drug-likeness (QED) is 0.710. The largest absolute Gasteiger partial charge is 0.363 e. The lowest BCUT2D eigenvalue weighted by molar-refractivity contribution is 0.420. The van der Waals surface area contributed by atoms with Gasteiger partial charge in [-0.1, -0.05) is 17.3 Å². The molecule has 1 aromatic carbocycles. The number of benzene rings is 1. The lowest BCUT2D eigenvalue weighted by Crippen LogP contribution is -1.81. The zero-order valence-electron chi connectivity index (χ0n) is 7.53. The van der Waals surface area contributed by atoms with Crippen molar-refractivity contribution in [3.05, 3.63) is 36.3 Å². The third kappa shape index (κ3) is 1.65. The average molecular weight is 209 g/mol. The highest BCUT2D eigenvalue weighted by Gasteiger charge is 2.09. The summed E-state index contributed by atoms with van der Waals surface area (Å²) >= 11 is 1.52. The molecule has 0 aliphatic heterocycles. The summed E-state index contributed by atoms with van der Waals surface area (Å²) in [6.07, 6.45) is 3.49. The summed E-state index contributed by atoms with van der Waals surface area (Å²) in [6, 6.07) is 6.31. The Bertz CT molecular complexity index is 441. The Morgan fingerprint density at radius 3 is 3.00 bits per heavy atom. The molecule has 0 saturated heterocycles. The zero-order chi connectivity index (χ0) is 9.97. The predicted molar refractivity (Wildman–Crippen MR) is 53.7 cm³/mol. The van der Waals surface area contributed by atoms with Crippen LogP contribution in [0.1, 0.15) is 0 Å². The predicted octanol–water partition coefficient (Wildman–Crippen LogP) is 3.20. The van der Waals surface area contributed by atoms with Crippen molar-refractivity contribution >= 4 is 11.8 Å². The molecule has 0 bridgehead atoms. The Labute approximate surface area is 85.1 Å². The summed E-state index contributed by atoms with van der Waals surface area (Å²) in [7, 11) is 0. The number of hydrogen-bond acceptors (Lipinski definition) is 3. The molecule has 0 fully saturated rings. The molecule has 0 radical (unpaired) electrons. The number of nitrogens with zero attached hydrogens (tertiary/aromatic N) is 1. The number of halogens is 1. The molecule has 14 heavy (non-hydrogen) atoms. The van der Waals surface area contributed by atoms with Crippen molar-refractivity contribution in [1.82, 2.24) is 5.16 Å². The van der Waals surface area contributed by atoms with Crippen LogP contribution in [0.5, 0.6) is 0 Å². The van der Waals surface area contributed by atoms with E-state index in [1.54, 1.807) is 18.4 Å². The minimum atomic E-state index is -0.266. The van der Waals surface area contributed by atoms with E-state index in [0.717, 1.165) is 10.5 Å². The fourth-order valence-electron chi connectivity index (χ4n) is 1.20. The van der Waals surface area contributed by atoms with E-state index in [1.165, 1.54) is 23.9 Å². The molecule has 0 aliphatic carbocycles. The fourth-order valence-corrected chi connectivity index (χ4v) is 1.69. The van der Waals surface area contributed by atoms with Crippen molar-refractivity contribution < 1.29 is 8.91 Å². The third-order valence-corrected chi connectivity index (χ3v) is 2.58. The molecule has 4 heteroatoms. The summed E-state index contributed by atoms with van der Waals surface area (Å²) in [6.45, 7) is 0. The molecule has 72 valence electrons.